The zero-order valence-electron chi connectivity index (χ0n) is 16.0. The van der Waals surface area contributed by atoms with Gasteiger partial charge in [0.1, 0.15) is 11.6 Å². The Morgan fingerprint density at radius 3 is 2.72 bits per heavy atom. The average Bonchev–Trinajstić information content (AvgIpc) is 3.50. The minimum Gasteiger partial charge on any atom is -0.496 e. The molecular weight excluding hydrogens is 391 g/mol. The highest BCUT2D eigenvalue weighted by Gasteiger charge is 2.31. The fourth-order valence-corrected chi connectivity index (χ4v) is 3.92. The van der Waals surface area contributed by atoms with Gasteiger partial charge in [0.25, 0.3) is 0 Å². The second kappa shape index (κ2) is 8.65. The van der Waals surface area contributed by atoms with Crippen LogP contribution in [0.3, 0.4) is 0 Å². The third-order valence-electron chi connectivity index (χ3n) is 4.69. The molecule has 3 aromatic rings. The summed E-state index contributed by atoms with van der Waals surface area (Å²) in [7, 11) is 1.61. The highest BCUT2D eigenvalue weighted by atomic mass is 32.2. The summed E-state index contributed by atoms with van der Waals surface area (Å²) in [5.74, 6) is 1.02. The molecule has 0 spiro atoms. The molecule has 0 radical (unpaired) electrons. The molecule has 1 aliphatic carbocycles. The van der Waals surface area contributed by atoms with Crippen LogP contribution in [0.1, 0.15) is 24.4 Å². The Morgan fingerprint density at radius 1 is 1.21 bits per heavy atom. The molecule has 6 nitrogen and oxygen atoms in total. The number of methoxy groups -OCH3 is 1. The second-order valence-corrected chi connectivity index (χ2v) is 7.71. The Labute approximate surface area is 172 Å². The number of amides is 1. The number of nitrogens with zero attached hydrogens (tertiary/aromatic N) is 3. The highest BCUT2D eigenvalue weighted by Crippen LogP contribution is 2.41. The van der Waals surface area contributed by atoms with E-state index in [0.717, 1.165) is 24.2 Å². The van der Waals surface area contributed by atoms with E-state index in [1.54, 1.807) is 25.3 Å². The summed E-state index contributed by atoms with van der Waals surface area (Å²) < 4.78 is 21.5. The van der Waals surface area contributed by atoms with Crippen LogP contribution in [0.2, 0.25) is 0 Å². The summed E-state index contributed by atoms with van der Waals surface area (Å²) in [6.45, 7) is 0.388. The predicted molar refractivity (Wildman–Crippen MR) is 109 cm³/mol. The van der Waals surface area contributed by atoms with Crippen molar-refractivity contribution in [1.29, 1.82) is 0 Å². The van der Waals surface area contributed by atoms with Gasteiger partial charge in [-0.1, -0.05) is 42.1 Å². The maximum absolute atomic E-state index is 14.2. The van der Waals surface area contributed by atoms with Gasteiger partial charge in [-0.25, -0.2) is 4.39 Å². The maximum atomic E-state index is 14.2. The van der Waals surface area contributed by atoms with Crippen LogP contribution in [0.5, 0.6) is 5.75 Å². The molecule has 0 bridgehead atoms. The van der Waals surface area contributed by atoms with Crippen molar-refractivity contribution in [3.05, 3.63) is 59.9 Å². The van der Waals surface area contributed by atoms with E-state index in [1.165, 1.54) is 17.8 Å². The topological polar surface area (TPSA) is 69.0 Å². The third kappa shape index (κ3) is 4.42. The van der Waals surface area contributed by atoms with E-state index >= 15 is 0 Å². The largest absolute Gasteiger partial charge is 0.496 e. The Kier molecular flexibility index (Phi) is 5.80. The van der Waals surface area contributed by atoms with Gasteiger partial charge in [0.15, 0.2) is 11.0 Å². The van der Waals surface area contributed by atoms with Gasteiger partial charge in [-0.05, 0) is 31.0 Å². The molecule has 1 fully saturated rings. The van der Waals surface area contributed by atoms with Crippen molar-refractivity contribution in [2.45, 2.75) is 30.6 Å². The number of aromatic nitrogens is 3. The number of benzene rings is 2. The number of para-hydroxylation sites is 1. The summed E-state index contributed by atoms with van der Waals surface area (Å²) in [6.07, 6.45) is 2.01. The lowest BCUT2D eigenvalue weighted by Gasteiger charge is -2.10. The zero-order valence-corrected chi connectivity index (χ0v) is 16.8. The molecule has 1 heterocycles. The Morgan fingerprint density at radius 2 is 1.97 bits per heavy atom. The van der Waals surface area contributed by atoms with Crippen LogP contribution in [-0.4, -0.2) is 33.5 Å². The minimum absolute atomic E-state index is 0.112. The van der Waals surface area contributed by atoms with Crippen molar-refractivity contribution < 1.29 is 13.9 Å². The van der Waals surface area contributed by atoms with Gasteiger partial charge in [0.2, 0.25) is 5.91 Å². The Bertz CT molecular complexity index is 1020. The van der Waals surface area contributed by atoms with Crippen molar-refractivity contribution in [1.82, 2.24) is 20.1 Å². The molecule has 4 rings (SSSR count). The fraction of sp³-hybridized carbons (Fsp3) is 0.286. The van der Waals surface area contributed by atoms with Crippen molar-refractivity contribution in [2.75, 3.05) is 12.9 Å². The summed E-state index contributed by atoms with van der Waals surface area (Å²) in [4.78, 5) is 12.3. The normalized spacial score (nSPS) is 13.3. The first kappa shape index (κ1) is 19.4. The monoisotopic (exact) mass is 412 g/mol. The van der Waals surface area contributed by atoms with E-state index in [0.29, 0.717) is 23.1 Å². The number of ether oxygens (including phenoxy) is 1. The fourth-order valence-electron chi connectivity index (χ4n) is 3.09. The lowest BCUT2D eigenvalue weighted by molar-refractivity contribution is -0.118. The number of halogens is 1. The van der Waals surface area contributed by atoms with Gasteiger partial charge in [-0.2, -0.15) is 0 Å². The zero-order chi connectivity index (χ0) is 20.2. The number of hydrogen-bond donors (Lipinski definition) is 1. The summed E-state index contributed by atoms with van der Waals surface area (Å²) in [5, 5.41) is 12.0. The van der Waals surface area contributed by atoms with Crippen molar-refractivity contribution >= 4 is 17.7 Å². The van der Waals surface area contributed by atoms with Gasteiger partial charge in [-0.15, -0.1) is 10.2 Å². The van der Waals surface area contributed by atoms with Crippen LogP contribution < -0.4 is 10.1 Å². The van der Waals surface area contributed by atoms with E-state index in [-0.39, 0.29) is 23.5 Å². The van der Waals surface area contributed by atoms with E-state index in [4.69, 9.17) is 4.74 Å². The summed E-state index contributed by atoms with van der Waals surface area (Å²) in [5.41, 5.74) is 1.34. The van der Waals surface area contributed by atoms with Gasteiger partial charge in [0.05, 0.1) is 18.4 Å². The highest BCUT2D eigenvalue weighted by molar-refractivity contribution is 7.99. The molecule has 0 atom stereocenters. The van der Waals surface area contributed by atoms with Crippen molar-refractivity contribution in [2.24, 2.45) is 0 Å². The lowest BCUT2D eigenvalue weighted by atomic mass is 10.2. The van der Waals surface area contributed by atoms with Crippen LogP contribution in [0.4, 0.5) is 4.39 Å². The molecule has 2 aromatic carbocycles. The number of hydrogen-bond acceptors (Lipinski definition) is 5. The molecule has 0 aliphatic heterocycles. The molecule has 8 heteroatoms. The Hall–Kier alpha value is -2.87. The quantitative estimate of drug-likeness (QED) is 0.570. The van der Waals surface area contributed by atoms with Gasteiger partial charge >= 0.3 is 0 Å². The number of thioether (sulfide) groups is 1. The molecule has 1 aliphatic rings. The van der Waals surface area contributed by atoms with Crippen LogP contribution in [0.25, 0.3) is 11.4 Å². The summed E-state index contributed by atoms with van der Waals surface area (Å²) in [6, 6.07) is 14.4. The van der Waals surface area contributed by atoms with Crippen molar-refractivity contribution in [3.63, 3.8) is 0 Å². The molecule has 1 amide bonds. The molecule has 1 aromatic heterocycles. The molecule has 0 saturated heterocycles. The first-order valence-electron chi connectivity index (χ1n) is 9.38. The number of carbonyl (C=O) groups excluding carboxylic acids is 1. The van der Waals surface area contributed by atoms with Crippen LogP contribution in [0, 0.1) is 5.82 Å². The van der Waals surface area contributed by atoms with E-state index in [2.05, 4.69) is 15.5 Å². The van der Waals surface area contributed by atoms with Crippen LogP contribution >= 0.6 is 11.8 Å². The van der Waals surface area contributed by atoms with E-state index < -0.39 is 0 Å². The molecular formula is C21H21FN4O2S. The van der Waals surface area contributed by atoms with Crippen LogP contribution in [0.15, 0.2) is 53.7 Å². The van der Waals surface area contributed by atoms with Crippen LogP contribution in [-0.2, 0) is 11.3 Å². The SMILES string of the molecule is COc1ccccc1CNC(=O)CSc1nnc(-c2ccccc2F)n1C1CC1. The first-order chi connectivity index (χ1) is 14.2. The predicted octanol–water partition coefficient (Wildman–Crippen LogP) is 3.84. The van der Waals surface area contributed by atoms with Gasteiger partial charge in [-0.3, -0.25) is 9.36 Å². The molecule has 0 unspecified atom stereocenters. The third-order valence-corrected chi connectivity index (χ3v) is 5.64. The minimum atomic E-state index is -0.326. The second-order valence-electron chi connectivity index (χ2n) is 6.76. The number of nitrogens with one attached hydrogen (secondary N) is 1. The number of carbonyl (C=O) groups is 1. The average molecular weight is 412 g/mol. The smallest absolute Gasteiger partial charge is 0.230 e. The maximum Gasteiger partial charge on any atom is 0.230 e. The van der Waals surface area contributed by atoms with Crippen molar-refractivity contribution in [3.8, 4) is 17.1 Å². The molecule has 150 valence electrons. The number of rotatable bonds is 8. The van der Waals surface area contributed by atoms with E-state index in [9.17, 15) is 9.18 Å². The summed E-state index contributed by atoms with van der Waals surface area (Å²) >= 11 is 1.31. The van der Waals surface area contributed by atoms with Gasteiger partial charge in [0, 0.05) is 18.2 Å². The molecule has 29 heavy (non-hydrogen) atoms. The Balaban J connectivity index is 1.42. The van der Waals surface area contributed by atoms with Gasteiger partial charge < -0.3 is 10.1 Å². The van der Waals surface area contributed by atoms with E-state index in [1.807, 2.05) is 28.8 Å². The molecule has 1 N–H and O–H groups in total. The first-order valence-corrected chi connectivity index (χ1v) is 10.4. The molecule has 1 saturated carbocycles. The standard InChI is InChI=1S/C21H21FN4O2S/c1-28-18-9-5-2-6-14(18)12-23-19(27)13-29-21-25-24-20(26(21)15-10-11-15)16-7-3-4-8-17(16)22/h2-9,15H,10-13H2,1H3,(H,23,27). The lowest BCUT2D eigenvalue weighted by Crippen LogP contribution is -2.25.